The molecule has 3 amide bonds. The largest absolute Gasteiger partial charge is 0.351 e. The number of sulfonamides is 1. The first kappa shape index (κ1) is 25.2. The fraction of sp³-hybridized carbons (Fsp3) is 0.250. The molecule has 2 heterocycles. The molecule has 184 valence electrons. The van der Waals surface area contributed by atoms with Crippen LogP contribution in [0.4, 0.5) is 10.5 Å². The molecule has 0 radical (unpaired) electrons. The van der Waals surface area contributed by atoms with E-state index in [2.05, 4.69) is 10.6 Å². The van der Waals surface area contributed by atoms with E-state index in [1.54, 1.807) is 12.1 Å². The number of nitrogens with one attached hydrogen (secondary N) is 2. The van der Waals surface area contributed by atoms with Crippen LogP contribution in [0.3, 0.4) is 0 Å². The Hall–Kier alpha value is -2.92. The molecule has 1 aromatic heterocycles. The molecule has 1 saturated heterocycles. The number of nitrogens with zero attached hydrogens (tertiary/aromatic N) is 2. The molecular formula is C24H25ClN4O4S2. The number of amides is 3. The van der Waals surface area contributed by atoms with Crippen molar-refractivity contribution < 1.29 is 18.0 Å². The van der Waals surface area contributed by atoms with E-state index in [1.165, 1.54) is 17.0 Å². The van der Waals surface area contributed by atoms with Gasteiger partial charge in [-0.2, -0.15) is 4.31 Å². The molecular weight excluding hydrogens is 508 g/mol. The number of hydrogen-bond donors (Lipinski definition) is 2. The third kappa shape index (κ3) is 6.02. The van der Waals surface area contributed by atoms with Gasteiger partial charge in [0.05, 0.1) is 4.34 Å². The third-order valence-electron chi connectivity index (χ3n) is 5.65. The zero-order valence-corrected chi connectivity index (χ0v) is 21.4. The summed E-state index contributed by atoms with van der Waals surface area (Å²) in [6.07, 6.45) is 0. The summed E-state index contributed by atoms with van der Waals surface area (Å²) in [4.78, 5) is 27.6. The number of urea groups is 1. The lowest BCUT2D eigenvalue weighted by molar-refractivity contribution is -0.126. The highest BCUT2D eigenvalue weighted by molar-refractivity contribution is 7.91. The Morgan fingerprint density at radius 3 is 2.40 bits per heavy atom. The van der Waals surface area contributed by atoms with Crippen LogP contribution in [-0.4, -0.2) is 55.2 Å². The monoisotopic (exact) mass is 532 g/mol. The molecule has 35 heavy (non-hydrogen) atoms. The lowest BCUT2D eigenvalue weighted by Crippen LogP contribution is -2.61. The number of benzene rings is 2. The Labute approximate surface area is 213 Å². The highest BCUT2D eigenvalue weighted by Gasteiger charge is 2.41. The molecule has 11 heteroatoms. The van der Waals surface area contributed by atoms with Gasteiger partial charge in [0.15, 0.2) is 0 Å². The molecule has 4 rings (SSSR count). The fourth-order valence-corrected chi connectivity index (χ4v) is 6.93. The molecule has 1 aliphatic heterocycles. The Bertz CT molecular complexity index is 1300. The quantitative estimate of drug-likeness (QED) is 0.502. The SMILES string of the molecule is Cc1ccc(NC(=O)N2CCN(S(=O)(=O)c3ccc(Cl)s3)C(C(=O)NCc3ccccc3)C2)cc1. The first-order valence-electron chi connectivity index (χ1n) is 11.0. The van der Waals surface area contributed by atoms with Gasteiger partial charge in [-0.15, -0.1) is 11.3 Å². The van der Waals surface area contributed by atoms with Crippen LogP contribution in [0.5, 0.6) is 0 Å². The summed E-state index contributed by atoms with van der Waals surface area (Å²) in [7, 11) is -3.98. The van der Waals surface area contributed by atoms with Crippen LogP contribution in [0.15, 0.2) is 70.9 Å². The number of anilines is 1. The maximum absolute atomic E-state index is 13.4. The first-order valence-corrected chi connectivity index (χ1v) is 13.6. The third-order valence-corrected chi connectivity index (χ3v) is 9.25. The van der Waals surface area contributed by atoms with Crippen molar-refractivity contribution in [1.29, 1.82) is 0 Å². The molecule has 0 saturated carbocycles. The lowest BCUT2D eigenvalue weighted by atomic mass is 10.1. The van der Waals surface area contributed by atoms with Crippen molar-refractivity contribution in [2.45, 2.75) is 23.7 Å². The predicted molar refractivity (Wildman–Crippen MR) is 137 cm³/mol. The molecule has 8 nitrogen and oxygen atoms in total. The second kappa shape index (κ2) is 10.8. The van der Waals surface area contributed by atoms with Crippen molar-refractivity contribution in [1.82, 2.24) is 14.5 Å². The second-order valence-corrected chi connectivity index (χ2v) is 12.0. The summed E-state index contributed by atoms with van der Waals surface area (Å²) >= 11 is 6.90. The lowest BCUT2D eigenvalue weighted by Gasteiger charge is -2.39. The summed E-state index contributed by atoms with van der Waals surface area (Å²) in [5.74, 6) is -0.479. The number of hydrogen-bond acceptors (Lipinski definition) is 5. The summed E-state index contributed by atoms with van der Waals surface area (Å²) in [6.45, 7) is 2.22. The minimum Gasteiger partial charge on any atom is -0.351 e. The van der Waals surface area contributed by atoms with E-state index >= 15 is 0 Å². The maximum atomic E-state index is 13.4. The van der Waals surface area contributed by atoms with Gasteiger partial charge in [0, 0.05) is 31.9 Å². The minimum atomic E-state index is -3.98. The Morgan fingerprint density at radius 1 is 1.03 bits per heavy atom. The molecule has 3 aromatic rings. The summed E-state index contributed by atoms with van der Waals surface area (Å²) in [5.41, 5.74) is 2.56. The van der Waals surface area contributed by atoms with Gasteiger partial charge < -0.3 is 15.5 Å². The number of thiophene rings is 1. The van der Waals surface area contributed by atoms with Crippen LogP contribution in [0.2, 0.25) is 4.34 Å². The smallest absolute Gasteiger partial charge is 0.321 e. The van der Waals surface area contributed by atoms with Crippen LogP contribution in [0.1, 0.15) is 11.1 Å². The van der Waals surface area contributed by atoms with E-state index in [0.29, 0.717) is 10.0 Å². The summed E-state index contributed by atoms with van der Waals surface area (Å²) in [5, 5.41) is 5.63. The number of piperazine rings is 1. The van der Waals surface area contributed by atoms with E-state index in [1.807, 2.05) is 49.4 Å². The van der Waals surface area contributed by atoms with E-state index in [0.717, 1.165) is 26.8 Å². The zero-order valence-electron chi connectivity index (χ0n) is 19.0. The minimum absolute atomic E-state index is 0.0252. The van der Waals surface area contributed by atoms with Crippen molar-refractivity contribution in [2.75, 3.05) is 25.0 Å². The van der Waals surface area contributed by atoms with Gasteiger partial charge in [-0.05, 0) is 36.8 Å². The van der Waals surface area contributed by atoms with Gasteiger partial charge in [-0.1, -0.05) is 59.6 Å². The van der Waals surface area contributed by atoms with Crippen LogP contribution in [-0.2, 0) is 21.4 Å². The standard InChI is InChI=1S/C24H25ClN4O4S2/c1-17-7-9-19(10-8-17)27-24(31)28-13-14-29(35(32,33)22-12-11-21(25)34-22)20(16-28)23(30)26-15-18-5-3-2-4-6-18/h2-12,20H,13-16H2,1H3,(H,26,30)(H,27,31). The van der Waals surface area contributed by atoms with Crippen molar-refractivity contribution in [3.8, 4) is 0 Å². The fourth-order valence-electron chi connectivity index (χ4n) is 3.75. The van der Waals surface area contributed by atoms with E-state index < -0.39 is 28.0 Å². The molecule has 0 aliphatic carbocycles. The van der Waals surface area contributed by atoms with Gasteiger partial charge in [-0.25, -0.2) is 13.2 Å². The molecule has 1 unspecified atom stereocenters. The van der Waals surface area contributed by atoms with Gasteiger partial charge in [0.25, 0.3) is 10.0 Å². The average Bonchev–Trinajstić information content (AvgIpc) is 3.31. The van der Waals surface area contributed by atoms with Gasteiger partial charge in [-0.3, -0.25) is 4.79 Å². The van der Waals surface area contributed by atoms with Gasteiger partial charge >= 0.3 is 6.03 Å². The number of carbonyl (C=O) groups excluding carboxylic acids is 2. The van der Waals surface area contributed by atoms with Crippen molar-refractivity contribution >= 4 is 50.6 Å². The molecule has 2 aromatic carbocycles. The molecule has 1 atom stereocenters. The molecule has 0 spiro atoms. The van der Waals surface area contributed by atoms with Crippen LogP contribution < -0.4 is 10.6 Å². The van der Waals surface area contributed by atoms with Crippen molar-refractivity contribution in [3.63, 3.8) is 0 Å². The predicted octanol–water partition coefficient (Wildman–Crippen LogP) is 3.93. The number of aryl methyl sites for hydroxylation is 1. The van der Waals surface area contributed by atoms with Crippen molar-refractivity contribution in [3.05, 3.63) is 82.2 Å². The molecule has 0 bridgehead atoms. The molecule has 1 aliphatic rings. The average molecular weight is 533 g/mol. The zero-order chi connectivity index (χ0) is 25.0. The van der Waals surface area contributed by atoms with E-state index in [4.69, 9.17) is 11.6 Å². The highest BCUT2D eigenvalue weighted by Crippen LogP contribution is 2.30. The molecule has 1 fully saturated rings. The Kier molecular flexibility index (Phi) is 7.75. The second-order valence-electron chi connectivity index (χ2n) is 8.14. The number of carbonyl (C=O) groups is 2. The van der Waals surface area contributed by atoms with Crippen molar-refractivity contribution in [2.24, 2.45) is 0 Å². The summed E-state index contributed by atoms with van der Waals surface area (Å²) < 4.78 is 28.3. The van der Waals surface area contributed by atoms with Crippen LogP contribution in [0.25, 0.3) is 0 Å². The van der Waals surface area contributed by atoms with E-state index in [9.17, 15) is 18.0 Å². The summed E-state index contributed by atoms with van der Waals surface area (Å²) in [6, 6.07) is 18.1. The first-order chi connectivity index (χ1) is 16.7. The van der Waals surface area contributed by atoms with Gasteiger partial charge in [0.1, 0.15) is 10.3 Å². The maximum Gasteiger partial charge on any atom is 0.321 e. The Morgan fingerprint density at radius 2 is 1.74 bits per heavy atom. The normalized spacial score (nSPS) is 16.6. The topological polar surface area (TPSA) is 98.8 Å². The number of rotatable bonds is 6. The van der Waals surface area contributed by atoms with Crippen LogP contribution >= 0.6 is 22.9 Å². The van der Waals surface area contributed by atoms with Gasteiger partial charge in [0.2, 0.25) is 5.91 Å². The Balaban J connectivity index is 1.54. The number of halogens is 1. The molecule has 2 N–H and O–H groups in total. The van der Waals surface area contributed by atoms with Crippen LogP contribution in [0, 0.1) is 6.92 Å². The van der Waals surface area contributed by atoms with E-state index in [-0.39, 0.29) is 30.4 Å². The highest BCUT2D eigenvalue weighted by atomic mass is 35.5.